The van der Waals surface area contributed by atoms with Crippen LogP contribution in [0.1, 0.15) is 18.1 Å². The first-order chi connectivity index (χ1) is 17.1. The van der Waals surface area contributed by atoms with E-state index in [1.54, 1.807) is 29.4 Å². The van der Waals surface area contributed by atoms with Gasteiger partial charge in [-0.05, 0) is 55.3 Å². The van der Waals surface area contributed by atoms with Crippen LogP contribution in [0.3, 0.4) is 0 Å². The molecule has 4 heterocycles. The van der Waals surface area contributed by atoms with E-state index in [2.05, 4.69) is 47.6 Å². The lowest BCUT2D eigenvalue weighted by Gasteiger charge is -2.12. The molecule has 0 unspecified atom stereocenters. The standard InChI is InChI=1S/C25H22N8O2/c1-15-7-18(4-6-21(15)35-23-10-22-32-29-14-33(22)13-28-23)31-25-19-8-17(3-5-20(19)26-12-27-25)9-24-30-16(2)11-34-24/h3-8,10,12-14,16H,9,11H2,1-2H3,(H,26,27,31)/t16-/m1/s1. The van der Waals surface area contributed by atoms with Crippen LogP contribution in [0, 0.1) is 6.92 Å². The normalized spacial score (nSPS) is 15.3. The van der Waals surface area contributed by atoms with Crippen LogP contribution in [-0.4, -0.2) is 48.1 Å². The summed E-state index contributed by atoms with van der Waals surface area (Å²) in [6.07, 6.45) is 5.42. The van der Waals surface area contributed by atoms with Crippen LogP contribution in [0.15, 0.2) is 66.4 Å². The molecule has 1 atom stereocenters. The fraction of sp³-hybridized carbons (Fsp3) is 0.200. The summed E-state index contributed by atoms with van der Waals surface area (Å²) in [6, 6.07) is 13.9. The van der Waals surface area contributed by atoms with Crippen molar-refractivity contribution in [2.24, 2.45) is 4.99 Å². The molecule has 0 saturated carbocycles. The summed E-state index contributed by atoms with van der Waals surface area (Å²) in [6.45, 7) is 4.67. The number of aliphatic imine (C=N–C) groups is 1. The third kappa shape index (κ3) is 4.33. The summed E-state index contributed by atoms with van der Waals surface area (Å²) >= 11 is 0. The summed E-state index contributed by atoms with van der Waals surface area (Å²) in [4.78, 5) is 17.7. The van der Waals surface area contributed by atoms with Gasteiger partial charge in [-0.1, -0.05) is 6.07 Å². The Kier molecular flexibility index (Phi) is 5.17. The smallest absolute Gasteiger partial charge is 0.224 e. The van der Waals surface area contributed by atoms with Crippen molar-refractivity contribution in [2.75, 3.05) is 11.9 Å². The molecule has 0 spiro atoms. The quantitative estimate of drug-likeness (QED) is 0.395. The van der Waals surface area contributed by atoms with E-state index >= 15 is 0 Å². The van der Waals surface area contributed by atoms with E-state index in [9.17, 15) is 0 Å². The molecule has 0 saturated heterocycles. The van der Waals surface area contributed by atoms with E-state index < -0.39 is 0 Å². The Morgan fingerprint density at radius 2 is 2.03 bits per heavy atom. The number of benzene rings is 2. The van der Waals surface area contributed by atoms with E-state index in [1.807, 2.05) is 38.1 Å². The van der Waals surface area contributed by atoms with Gasteiger partial charge in [-0.3, -0.25) is 4.40 Å². The maximum Gasteiger partial charge on any atom is 0.224 e. The molecule has 0 fully saturated rings. The molecule has 3 aromatic heterocycles. The van der Waals surface area contributed by atoms with Crippen LogP contribution in [0.2, 0.25) is 0 Å². The highest BCUT2D eigenvalue weighted by atomic mass is 16.5. The minimum absolute atomic E-state index is 0.211. The number of rotatable bonds is 6. The first-order valence-electron chi connectivity index (χ1n) is 11.2. The van der Waals surface area contributed by atoms with Crippen LogP contribution in [0.4, 0.5) is 11.5 Å². The number of hydrogen-bond acceptors (Lipinski definition) is 9. The maximum atomic E-state index is 5.98. The van der Waals surface area contributed by atoms with Gasteiger partial charge in [-0.15, -0.1) is 10.2 Å². The van der Waals surface area contributed by atoms with Crippen molar-refractivity contribution < 1.29 is 9.47 Å². The van der Waals surface area contributed by atoms with Gasteiger partial charge in [-0.2, -0.15) is 0 Å². The third-order valence-electron chi connectivity index (χ3n) is 5.73. The van der Waals surface area contributed by atoms with E-state index in [0.29, 0.717) is 30.3 Å². The molecule has 5 aromatic rings. The molecule has 0 aliphatic carbocycles. The van der Waals surface area contributed by atoms with Gasteiger partial charge in [0.2, 0.25) is 5.88 Å². The van der Waals surface area contributed by atoms with E-state index in [0.717, 1.165) is 39.4 Å². The fourth-order valence-corrected chi connectivity index (χ4v) is 3.98. The Balaban J connectivity index is 1.24. The van der Waals surface area contributed by atoms with Crippen molar-refractivity contribution >= 4 is 34.0 Å². The number of aryl methyl sites for hydroxylation is 1. The summed E-state index contributed by atoms with van der Waals surface area (Å²) in [7, 11) is 0. The lowest BCUT2D eigenvalue weighted by atomic mass is 10.1. The first-order valence-corrected chi connectivity index (χ1v) is 11.2. The summed E-state index contributed by atoms with van der Waals surface area (Å²) < 4.78 is 13.4. The molecular weight excluding hydrogens is 444 g/mol. The van der Waals surface area contributed by atoms with Crippen molar-refractivity contribution in [1.29, 1.82) is 0 Å². The van der Waals surface area contributed by atoms with E-state index in [4.69, 9.17) is 9.47 Å². The number of fused-ring (bicyclic) bond motifs is 2. The van der Waals surface area contributed by atoms with Crippen LogP contribution in [0.5, 0.6) is 11.6 Å². The second kappa shape index (κ2) is 8.64. The highest BCUT2D eigenvalue weighted by molar-refractivity contribution is 5.92. The molecule has 1 N–H and O–H groups in total. The second-order valence-corrected chi connectivity index (χ2v) is 8.46. The Morgan fingerprint density at radius 1 is 1.09 bits per heavy atom. The lowest BCUT2D eigenvalue weighted by Crippen LogP contribution is -2.04. The number of nitrogens with zero attached hydrogens (tertiary/aromatic N) is 7. The van der Waals surface area contributed by atoms with Crippen molar-refractivity contribution in [1.82, 2.24) is 29.5 Å². The second-order valence-electron chi connectivity index (χ2n) is 8.46. The first kappa shape index (κ1) is 21.0. The molecule has 6 rings (SSSR count). The Hall–Kier alpha value is -4.60. The zero-order valence-electron chi connectivity index (χ0n) is 19.2. The van der Waals surface area contributed by atoms with Crippen molar-refractivity contribution in [3.63, 3.8) is 0 Å². The summed E-state index contributed by atoms with van der Waals surface area (Å²) in [5.74, 6) is 2.65. The zero-order chi connectivity index (χ0) is 23.8. The zero-order valence-corrected chi connectivity index (χ0v) is 19.2. The van der Waals surface area contributed by atoms with E-state index in [1.165, 1.54) is 0 Å². The summed E-state index contributed by atoms with van der Waals surface area (Å²) in [5.41, 5.74) is 4.46. The topological polar surface area (TPSA) is 112 Å². The van der Waals surface area contributed by atoms with Crippen molar-refractivity contribution in [3.8, 4) is 11.6 Å². The van der Waals surface area contributed by atoms with Gasteiger partial charge in [0.15, 0.2) is 11.5 Å². The molecule has 0 amide bonds. The number of ether oxygens (including phenoxy) is 2. The van der Waals surface area contributed by atoms with Gasteiger partial charge in [0.1, 0.15) is 37.2 Å². The Morgan fingerprint density at radius 3 is 2.89 bits per heavy atom. The van der Waals surface area contributed by atoms with Gasteiger partial charge < -0.3 is 14.8 Å². The average Bonchev–Trinajstić information content (AvgIpc) is 3.49. The third-order valence-corrected chi connectivity index (χ3v) is 5.73. The summed E-state index contributed by atoms with van der Waals surface area (Å²) in [5, 5.41) is 12.2. The maximum absolute atomic E-state index is 5.98. The highest BCUT2D eigenvalue weighted by Gasteiger charge is 2.15. The average molecular weight is 467 g/mol. The Bertz CT molecular complexity index is 1580. The highest BCUT2D eigenvalue weighted by Crippen LogP contribution is 2.30. The number of aromatic nitrogens is 6. The number of hydrogen-bond donors (Lipinski definition) is 1. The molecule has 2 aromatic carbocycles. The predicted molar refractivity (Wildman–Crippen MR) is 131 cm³/mol. The Labute approximate surface area is 200 Å². The SMILES string of the molecule is Cc1cc(Nc2ncnc3ccc(CC4=N[C@H](C)CO4)cc23)ccc1Oc1cc2nncn2cn1. The van der Waals surface area contributed by atoms with Gasteiger partial charge in [0, 0.05) is 23.6 Å². The van der Waals surface area contributed by atoms with Crippen LogP contribution in [-0.2, 0) is 11.2 Å². The largest absolute Gasteiger partial charge is 0.478 e. The van der Waals surface area contributed by atoms with Crippen LogP contribution in [0.25, 0.3) is 16.6 Å². The van der Waals surface area contributed by atoms with Crippen LogP contribution >= 0.6 is 0 Å². The van der Waals surface area contributed by atoms with Crippen molar-refractivity contribution in [3.05, 3.63) is 72.6 Å². The van der Waals surface area contributed by atoms with Crippen molar-refractivity contribution in [2.45, 2.75) is 26.3 Å². The molecule has 0 radical (unpaired) electrons. The molecule has 1 aliphatic rings. The minimum Gasteiger partial charge on any atom is -0.478 e. The van der Waals surface area contributed by atoms with Gasteiger partial charge in [-0.25, -0.2) is 19.9 Å². The molecule has 1 aliphatic heterocycles. The van der Waals surface area contributed by atoms with Gasteiger partial charge in [0.05, 0.1) is 11.6 Å². The number of nitrogens with one attached hydrogen (secondary N) is 1. The molecular formula is C25H22N8O2. The molecule has 174 valence electrons. The lowest BCUT2D eigenvalue weighted by molar-refractivity contribution is 0.318. The fourth-order valence-electron chi connectivity index (χ4n) is 3.98. The van der Waals surface area contributed by atoms with Gasteiger partial charge in [0.25, 0.3) is 0 Å². The molecule has 35 heavy (non-hydrogen) atoms. The number of anilines is 2. The molecule has 10 heteroatoms. The van der Waals surface area contributed by atoms with E-state index in [-0.39, 0.29) is 6.04 Å². The molecule has 0 bridgehead atoms. The monoisotopic (exact) mass is 466 g/mol. The predicted octanol–water partition coefficient (Wildman–Crippen LogP) is 4.27. The molecule has 10 nitrogen and oxygen atoms in total. The van der Waals surface area contributed by atoms with Gasteiger partial charge >= 0.3 is 0 Å². The van der Waals surface area contributed by atoms with Crippen LogP contribution < -0.4 is 10.1 Å². The minimum atomic E-state index is 0.211.